The van der Waals surface area contributed by atoms with Crippen molar-refractivity contribution < 1.29 is 23.1 Å². The first kappa shape index (κ1) is 19.6. The van der Waals surface area contributed by atoms with Crippen molar-refractivity contribution in [1.29, 1.82) is 0 Å². The van der Waals surface area contributed by atoms with E-state index in [0.717, 1.165) is 17.7 Å². The van der Waals surface area contributed by atoms with E-state index in [0.29, 0.717) is 17.7 Å². The summed E-state index contributed by atoms with van der Waals surface area (Å²) in [7, 11) is 1.72. The van der Waals surface area contributed by atoms with Gasteiger partial charge in [0.1, 0.15) is 0 Å². The molecule has 0 aliphatic rings. The van der Waals surface area contributed by atoms with Crippen molar-refractivity contribution in [2.75, 3.05) is 5.32 Å². The van der Waals surface area contributed by atoms with Crippen molar-refractivity contribution in [2.24, 2.45) is 7.05 Å². The van der Waals surface area contributed by atoms with E-state index in [1.54, 1.807) is 11.7 Å². The molecule has 146 valence electrons. The number of rotatable bonds is 5. The van der Waals surface area contributed by atoms with Gasteiger partial charge >= 0.3 is 6.18 Å². The standard InChI is InChI=1S/C20H18F3N3O2/c1-26-17(10-13-6-3-2-4-7-13)16(12-24-26)19(28)25-15-9-5-8-14(11-15)18(27)20(21,22)23/h2-9,11-12,18,27H,10H2,1H3,(H,25,28). The number of benzene rings is 2. The van der Waals surface area contributed by atoms with E-state index in [9.17, 15) is 23.1 Å². The van der Waals surface area contributed by atoms with Gasteiger partial charge in [0, 0.05) is 19.2 Å². The quantitative estimate of drug-likeness (QED) is 0.696. The minimum Gasteiger partial charge on any atom is -0.379 e. The minimum atomic E-state index is -4.78. The Kier molecular flexibility index (Phi) is 5.51. The lowest BCUT2D eigenvalue weighted by Gasteiger charge is -2.16. The summed E-state index contributed by atoms with van der Waals surface area (Å²) in [5.41, 5.74) is 1.81. The highest BCUT2D eigenvalue weighted by Gasteiger charge is 2.39. The molecular formula is C20H18F3N3O2. The third-order valence-electron chi connectivity index (χ3n) is 4.29. The van der Waals surface area contributed by atoms with Crippen LogP contribution in [0, 0.1) is 0 Å². The smallest absolute Gasteiger partial charge is 0.379 e. The van der Waals surface area contributed by atoms with Crippen molar-refractivity contribution in [3.8, 4) is 0 Å². The van der Waals surface area contributed by atoms with Crippen LogP contribution in [0.5, 0.6) is 0 Å². The van der Waals surface area contributed by atoms with Crippen LogP contribution in [0.3, 0.4) is 0 Å². The van der Waals surface area contributed by atoms with E-state index in [1.807, 2.05) is 30.3 Å². The first-order chi connectivity index (χ1) is 13.3. The predicted molar refractivity (Wildman–Crippen MR) is 97.9 cm³/mol. The van der Waals surface area contributed by atoms with Crippen LogP contribution in [-0.2, 0) is 13.5 Å². The molecule has 0 fully saturated rings. The summed E-state index contributed by atoms with van der Waals surface area (Å²) in [6.45, 7) is 0. The number of carbonyl (C=O) groups excluding carboxylic acids is 1. The number of amides is 1. The summed E-state index contributed by atoms with van der Waals surface area (Å²) in [5.74, 6) is -0.488. The number of aliphatic hydroxyl groups is 1. The molecule has 0 spiro atoms. The van der Waals surface area contributed by atoms with E-state index in [1.165, 1.54) is 18.3 Å². The van der Waals surface area contributed by atoms with Gasteiger partial charge in [-0.3, -0.25) is 9.48 Å². The van der Waals surface area contributed by atoms with Crippen LogP contribution in [0.4, 0.5) is 18.9 Å². The Labute approximate surface area is 159 Å². The van der Waals surface area contributed by atoms with E-state index >= 15 is 0 Å². The highest BCUT2D eigenvalue weighted by Crippen LogP contribution is 2.33. The van der Waals surface area contributed by atoms with Crippen LogP contribution in [-0.4, -0.2) is 27.0 Å². The maximum Gasteiger partial charge on any atom is 0.418 e. The van der Waals surface area contributed by atoms with Crippen LogP contribution >= 0.6 is 0 Å². The molecule has 3 rings (SSSR count). The van der Waals surface area contributed by atoms with Crippen molar-refractivity contribution in [3.63, 3.8) is 0 Å². The van der Waals surface area contributed by atoms with Gasteiger partial charge in [-0.1, -0.05) is 42.5 Å². The summed E-state index contributed by atoms with van der Waals surface area (Å²) in [4.78, 5) is 12.7. The zero-order valence-electron chi connectivity index (χ0n) is 14.9. The minimum absolute atomic E-state index is 0.153. The first-order valence-electron chi connectivity index (χ1n) is 8.46. The summed E-state index contributed by atoms with van der Waals surface area (Å²) >= 11 is 0. The maximum absolute atomic E-state index is 12.7. The van der Waals surface area contributed by atoms with Crippen LogP contribution in [0.25, 0.3) is 0 Å². The fourth-order valence-corrected chi connectivity index (χ4v) is 2.83. The van der Waals surface area contributed by atoms with Crippen molar-refractivity contribution in [3.05, 3.63) is 83.2 Å². The molecule has 1 atom stereocenters. The van der Waals surface area contributed by atoms with E-state index < -0.39 is 18.2 Å². The Morgan fingerprint density at radius 3 is 2.57 bits per heavy atom. The molecular weight excluding hydrogens is 371 g/mol. The van der Waals surface area contributed by atoms with Crippen LogP contribution < -0.4 is 5.32 Å². The van der Waals surface area contributed by atoms with Gasteiger partial charge in [0.2, 0.25) is 0 Å². The normalized spacial score (nSPS) is 12.6. The number of carbonyl (C=O) groups is 1. The highest BCUT2D eigenvalue weighted by atomic mass is 19.4. The zero-order chi connectivity index (χ0) is 20.3. The number of aryl methyl sites for hydroxylation is 1. The molecule has 3 aromatic rings. The molecule has 28 heavy (non-hydrogen) atoms. The highest BCUT2D eigenvalue weighted by molar-refractivity contribution is 6.05. The molecule has 2 aromatic carbocycles. The molecule has 0 aliphatic heterocycles. The second-order valence-electron chi connectivity index (χ2n) is 6.31. The lowest BCUT2D eigenvalue weighted by Crippen LogP contribution is -2.20. The van der Waals surface area contributed by atoms with Crippen LogP contribution in [0.1, 0.15) is 33.3 Å². The van der Waals surface area contributed by atoms with Gasteiger partial charge in [-0.05, 0) is 23.3 Å². The fraction of sp³-hybridized carbons (Fsp3) is 0.200. The summed E-state index contributed by atoms with van der Waals surface area (Å²) in [6, 6.07) is 14.6. The van der Waals surface area contributed by atoms with Gasteiger partial charge in [-0.25, -0.2) is 0 Å². The number of aliphatic hydroxyl groups excluding tert-OH is 1. The molecule has 1 aromatic heterocycles. The molecule has 0 bridgehead atoms. The topological polar surface area (TPSA) is 67.2 Å². The molecule has 0 radical (unpaired) electrons. The number of aromatic nitrogens is 2. The SMILES string of the molecule is Cn1ncc(C(=O)Nc2cccc(C(O)C(F)(F)F)c2)c1Cc1ccccc1. The summed E-state index contributed by atoms with van der Waals surface area (Å²) < 4.78 is 39.7. The Morgan fingerprint density at radius 1 is 1.18 bits per heavy atom. The third kappa shape index (κ3) is 4.40. The third-order valence-corrected chi connectivity index (χ3v) is 4.29. The molecule has 1 amide bonds. The molecule has 0 aliphatic carbocycles. The van der Waals surface area contributed by atoms with Gasteiger partial charge in [0.05, 0.1) is 17.5 Å². The van der Waals surface area contributed by atoms with Crippen LogP contribution in [0.2, 0.25) is 0 Å². The van der Waals surface area contributed by atoms with E-state index in [2.05, 4.69) is 10.4 Å². The maximum atomic E-state index is 12.7. The van der Waals surface area contributed by atoms with E-state index in [4.69, 9.17) is 0 Å². The molecule has 0 saturated heterocycles. The monoisotopic (exact) mass is 389 g/mol. The summed E-state index contributed by atoms with van der Waals surface area (Å²) in [6.07, 6.45) is -5.50. The molecule has 1 unspecified atom stereocenters. The number of hydrogen-bond donors (Lipinski definition) is 2. The summed E-state index contributed by atoms with van der Waals surface area (Å²) in [5, 5.41) is 16.1. The number of alkyl halides is 3. The Bertz CT molecular complexity index is 968. The van der Waals surface area contributed by atoms with Crippen molar-refractivity contribution in [1.82, 2.24) is 9.78 Å². The molecule has 0 saturated carbocycles. The lowest BCUT2D eigenvalue weighted by atomic mass is 10.1. The average Bonchev–Trinajstić information content (AvgIpc) is 3.02. The van der Waals surface area contributed by atoms with Gasteiger partial charge in [-0.15, -0.1) is 0 Å². The molecule has 1 heterocycles. The Morgan fingerprint density at radius 2 is 1.89 bits per heavy atom. The molecule has 5 nitrogen and oxygen atoms in total. The fourth-order valence-electron chi connectivity index (χ4n) is 2.83. The first-order valence-corrected chi connectivity index (χ1v) is 8.46. The largest absolute Gasteiger partial charge is 0.418 e. The second-order valence-corrected chi connectivity index (χ2v) is 6.31. The Balaban J connectivity index is 1.81. The number of anilines is 1. The second kappa shape index (κ2) is 7.85. The predicted octanol–water partition coefficient (Wildman–Crippen LogP) is 3.86. The van der Waals surface area contributed by atoms with E-state index in [-0.39, 0.29) is 11.3 Å². The Hall–Kier alpha value is -3.13. The van der Waals surface area contributed by atoms with Crippen LogP contribution in [0.15, 0.2) is 60.8 Å². The molecule has 2 N–H and O–H groups in total. The lowest BCUT2D eigenvalue weighted by molar-refractivity contribution is -0.206. The van der Waals surface area contributed by atoms with Crippen molar-refractivity contribution >= 4 is 11.6 Å². The van der Waals surface area contributed by atoms with Crippen molar-refractivity contribution in [2.45, 2.75) is 18.7 Å². The van der Waals surface area contributed by atoms with Gasteiger partial charge in [-0.2, -0.15) is 18.3 Å². The van der Waals surface area contributed by atoms with Gasteiger partial charge in [0.25, 0.3) is 5.91 Å². The zero-order valence-corrected chi connectivity index (χ0v) is 14.9. The van der Waals surface area contributed by atoms with Gasteiger partial charge < -0.3 is 10.4 Å². The number of nitrogens with one attached hydrogen (secondary N) is 1. The average molecular weight is 389 g/mol. The number of hydrogen-bond acceptors (Lipinski definition) is 3. The number of halogens is 3. The van der Waals surface area contributed by atoms with Gasteiger partial charge in [0.15, 0.2) is 6.10 Å². The molecule has 8 heteroatoms. The number of nitrogens with zero attached hydrogens (tertiary/aromatic N) is 2.